The van der Waals surface area contributed by atoms with Gasteiger partial charge in [0.25, 0.3) is 23.6 Å². The van der Waals surface area contributed by atoms with E-state index in [1.54, 1.807) is 18.2 Å². The van der Waals surface area contributed by atoms with Crippen molar-refractivity contribution in [2.45, 2.75) is 0 Å². The van der Waals surface area contributed by atoms with E-state index in [1.807, 2.05) is 0 Å². The molecule has 0 fully saturated rings. The number of benzene rings is 1. The molecule has 0 aromatic heterocycles. The quantitative estimate of drug-likeness (QED) is 0.0780. The van der Waals surface area contributed by atoms with Gasteiger partial charge in [-0.25, -0.2) is 0 Å². The van der Waals surface area contributed by atoms with Crippen molar-refractivity contribution >= 4 is 23.6 Å². The molecule has 0 radical (unpaired) electrons. The van der Waals surface area contributed by atoms with Crippen LogP contribution in [-0.4, -0.2) is 139 Å². The van der Waals surface area contributed by atoms with E-state index in [9.17, 15) is 19.2 Å². The largest absolute Gasteiger partial charge is 0.491 e. The number of terminal acetylenes is 1. The Kier molecular flexibility index (Phi) is 17.1. The summed E-state index contributed by atoms with van der Waals surface area (Å²) in [6.07, 6.45) is 10.5. The standard InChI is InChI=1S/C32H40N2O12/c1-2-26-23-27(45-21-19-43-17-15-41-13-11-39-9-7-33-29(35)3-4-30(33)36)25-28(24-26)46-22-20-44-18-16-42-14-12-40-10-8-34-31(37)5-6-32(34)38/h1,3-6,23-25H,7-22H2. The minimum atomic E-state index is -0.325. The van der Waals surface area contributed by atoms with Crippen molar-refractivity contribution in [3.63, 3.8) is 0 Å². The smallest absolute Gasteiger partial charge is 0.253 e. The van der Waals surface area contributed by atoms with Crippen molar-refractivity contribution in [3.8, 4) is 23.8 Å². The van der Waals surface area contributed by atoms with Crippen LogP contribution in [0.3, 0.4) is 0 Å². The Hall–Kier alpha value is -4.10. The third-order valence-corrected chi connectivity index (χ3v) is 6.25. The summed E-state index contributed by atoms with van der Waals surface area (Å²) >= 11 is 0. The zero-order chi connectivity index (χ0) is 32.8. The van der Waals surface area contributed by atoms with Crippen LogP contribution in [0.25, 0.3) is 0 Å². The van der Waals surface area contributed by atoms with Crippen LogP contribution in [0.4, 0.5) is 0 Å². The zero-order valence-electron chi connectivity index (χ0n) is 25.7. The number of nitrogens with zero attached hydrogens (tertiary/aromatic N) is 2. The highest BCUT2D eigenvalue weighted by Crippen LogP contribution is 2.22. The fraction of sp³-hybridized carbons (Fsp3) is 0.500. The van der Waals surface area contributed by atoms with Crippen molar-refractivity contribution in [1.29, 1.82) is 0 Å². The molecule has 46 heavy (non-hydrogen) atoms. The number of carbonyl (C=O) groups excluding carboxylic acids is 4. The summed E-state index contributed by atoms with van der Waals surface area (Å²) in [5.41, 5.74) is 0.617. The van der Waals surface area contributed by atoms with Gasteiger partial charge in [-0.15, -0.1) is 6.42 Å². The molecule has 0 bridgehead atoms. The minimum Gasteiger partial charge on any atom is -0.491 e. The first-order valence-corrected chi connectivity index (χ1v) is 14.9. The molecule has 250 valence electrons. The molecule has 0 saturated heterocycles. The third kappa shape index (κ3) is 13.9. The summed E-state index contributed by atoms with van der Waals surface area (Å²) in [6.45, 7) is 5.20. The Balaban J connectivity index is 1.12. The van der Waals surface area contributed by atoms with Crippen LogP contribution in [-0.2, 0) is 47.6 Å². The summed E-state index contributed by atoms with van der Waals surface area (Å²) in [5.74, 6) is 2.40. The van der Waals surface area contributed by atoms with Gasteiger partial charge in [-0.1, -0.05) is 5.92 Å². The number of rotatable bonds is 26. The van der Waals surface area contributed by atoms with Crippen LogP contribution in [0, 0.1) is 12.3 Å². The van der Waals surface area contributed by atoms with Crippen molar-refractivity contribution in [1.82, 2.24) is 9.80 Å². The Morgan fingerprint density at radius 3 is 1.09 bits per heavy atom. The highest BCUT2D eigenvalue weighted by atomic mass is 16.6. The first-order chi connectivity index (χ1) is 22.5. The number of carbonyl (C=O) groups is 4. The highest BCUT2D eigenvalue weighted by molar-refractivity contribution is 6.13. The maximum atomic E-state index is 11.4. The van der Waals surface area contributed by atoms with E-state index in [-0.39, 0.29) is 49.9 Å². The molecule has 2 aliphatic rings. The Morgan fingerprint density at radius 1 is 0.457 bits per heavy atom. The summed E-state index contributed by atoms with van der Waals surface area (Å²) < 4.78 is 44.2. The molecule has 4 amide bonds. The molecule has 1 aromatic carbocycles. The SMILES string of the molecule is C#Cc1cc(OCCOCCOCCOCCN2C(=O)C=CC2=O)cc(OCCOCCOCCOCCN2C(=O)C=CC2=O)c1. The lowest BCUT2D eigenvalue weighted by Gasteiger charge is -2.13. The third-order valence-electron chi connectivity index (χ3n) is 6.25. The van der Waals surface area contributed by atoms with Crippen LogP contribution < -0.4 is 9.47 Å². The maximum absolute atomic E-state index is 11.4. The number of amides is 4. The second-order valence-corrected chi connectivity index (χ2v) is 9.53. The molecule has 0 N–H and O–H groups in total. The molecular weight excluding hydrogens is 604 g/mol. The topological polar surface area (TPSA) is 149 Å². The summed E-state index contributed by atoms with van der Waals surface area (Å²) in [5, 5.41) is 0. The average molecular weight is 645 g/mol. The first-order valence-electron chi connectivity index (χ1n) is 14.9. The molecule has 14 heteroatoms. The van der Waals surface area contributed by atoms with Gasteiger partial charge < -0.3 is 37.9 Å². The predicted octanol–water partition coefficient (Wildman–Crippen LogP) is 0.375. The fourth-order valence-electron chi connectivity index (χ4n) is 3.96. The van der Waals surface area contributed by atoms with E-state index in [4.69, 9.17) is 44.3 Å². The van der Waals surface area contributed by atoms with Gasteiger partial charge in [0.2, 0.25) is 0 Å². The Labute approximate surface area is 268 Å². The second-order valence-electron chi connectivity index (χ2n) is 9.53. The minimum absolute atomic E-state index is 0.214. The van der Waals surface area contributed by atoms with E-state index < -0.39 is 0 Å². The highest BCUT2D eigenvalue weighted by Gasteiger charge is 2.23. The normalized spacial score (nSPS) is 14.2. The van der Waals surface area contributed by atoms with E-state index >= 15 is 0 Å². The lowest BCUT2D eigenvalue weighted by molar-refractivity contribution is -0.139. The Bertz CT molecular complexity index is 1120. The van der Waals surface area contributed by atoms with E-state index in [1.165, 1.54) is 24.3 Å². The lowest BCUT2D eigenvalue weighted by Crippen LogP contribution is -2.33. The van der Waals surface area contributed by atoms with Crippen LogP contribution >= 0.6 is 0 Å². The van der Waals surface area contributed by atoms with E-state index in [0.29, 0.717) is 96.3 Å². The van der Waals surface area contributed by atoms with E-state index in [0.717, 1.165) is 9.80 Å². The molecule has 1 aromatic rings. The Morgan fingerprint density at radius 2 is 0.761 bits per heavy atom. The molecule has 2 aliphatic heterocycles. The van der Waals surface area contributed by atoms with Gasteiger partial charge in [-0.3, -0.25) is 29.0 Å². The molecule has 3 rings (SSSR count). The monoisotopic (exact) mass is 644 g/mol. The van der Waals surface area contributed by atoms with Gasteiger partial charge in [-0.2, -0.15) is 0 Å². The second kappa shape index (κ2) is 21.6. The molecule has 0 spiro atoms. The van der Waals surface area contributed by atoms with Crippen LogP contribution in [0.15, 0.2) is 42.5 Å². The maximum Gasteiger partial charge on any atom is 0.253 e. The molecule has 0 aliphatic carbocycles. The number of hydrogen-bond donors (Lipinski definition) is 0. The first kappa shape index (κ1) is 36.4. The van der Waals surface area contributed by atoms with Gasteiger partial charge in [0, 0.05) is 35.9 Å². The van der Waals surface area contributed by atoms with Crippen molar-refractivity contribution in [2.75, 3.05) is 106 Å². The summed E-state index contributed by atoms with van der Waals surface area (Å²) in [7, 11) is 0. The predicted molar refractivity (Wildman–Crippen MR) is 162 cm³/mol. The average Bonchev–Trinajstić information content (AvgIpc) is 3.55. The summed E-state index contributed by atoms with van der Waals surface area (Å²) in [4.78, 5) is 48.0. The molecular formula is C32H40N2O12. The lowest BCUT2D eigenvalue weighted by atomic mass is 10.2. The van der Waals surface area contributed by atoms with Crippen LogP contribution in [0.1, 0.15) is 5.56 Å². The van der Waals surface area contributed by atoms with Crippen molar-refractivity contribution in [2.24, 2.45) is 0 Å². The summed E-state index contributed by atoms with van der Waals surface area (Å²) in [6, 6.07) is 5.22. The van der Waals surface area contributed by atoms with Gasteiger partial charge in [0.05, 0.1) is 92.4 Å². The zero-order valence-corrected chi connectivity index (χ0v) is 25.7. The molecule has 0 unspecified atom stereocenters. The van der Waals surface area contributed by atoms with Gasteiger partial charge in [0.1, 0.15) is 24.7 Å². The number of hydrogen-bond acceptors (Lipinski definition) is 12. The molecule has 14 nitrogen and oxygen atoms in total. The molecule has 2 heterocycles. The van der Waals surface area contributed by atoms with Crippen molar-refractivity contribution < 1.29 is 57.1 Å². The van der Waals surface area contributed by atoms with Crippen LogP contribution in [0.2, 0.25) is 0 Å². The van der Waals surface area contributed by atoms with Crippen molar-refractivity contribution in [3.05, 3.63) is 48.1 Å². The number of imide groups is 2. The van der Waals surface area contributed by atoms with Gasteiger partial charge in [-0.05, 0) is 12.1 Å². The van der Waals surface area contributed by atoms with Crippen LogP contribution in [0.5, 0.6) is 11.5 Å². The van der Waals surface area contributed by atoms with Gasteiger partial charge in [0.15, 0.2) is 0 Å². The molecule has 0 saturated carbocycles. The number of ether oxygens (including phenoxy) is 8. The van der Waals surface area contributed by atoms with E-state index in [2.05, 4.69) is 5.92 Å². The van der Waals surface area contributed by atoms with Gasteiger partial charge >= 0.3 is 0 Å². The molecule has 0 atom stereocenters. The fourth-order valence-corrected chi connectivity index (χ4v) is 3.96.